The number of fused-ring (bicyclic) bond motifs is 1. The van der Waals surface area contributed by atoms with E-state index in [9.17, 15) is 4.79 Å². The zero-order valence-corrected chi connectivity index (χ0v) is 11.9. The van der Waals surface area contributed by atoms with E-state index >= 15 is 0 Å². The van der Waals surface area contributed by atoms with Crippen LogP contribution < -0.4 is 14.8 Å². The third kappa shape index (κ3) is 3.50. The summed E-state index contributed by atoms with van der Waals surface area (Å²) in [7, 11) is 3.13. The van der Waals surface area contributed by atoms with Crippen molar-refractivity contribution in [1.29, 1.82) is 0 Å². The number of carboxylic acid groups (broad SMARTS) is 1. The Balaban J connectivity index is 2.25. The second-order valence-electron chi connectivity index (χ2n) is 4.37. The Kier molecular flexibility index (Phi) is 4.76. The highest BCUT2D eigenvalue weighted by atomic mass is 16.5. The summed E-state index contributed by atoms with van der Waals surface area (Å²) in [6.07, 6.45) is 2.09. The number of methoxy groups -OCH3 is 2. The summed E-state index contributed by atoms with van der Waals surface area (Å²) in [5, 5.41) is 12.5. The lowest BCUT2D eigenvalue weighted by atomic mass is 10.2. The van der Waals surface area contributed by atoms with E-state index in [1.54, 1.807) is 26.4 Å². The molecule has 21 heavy (non-hydrogen) atoms. The van der Waals surface area contributed by atoms with Gasteiger partial charge in [-0.2, -0.15) is 0 Å². The molecule has 0 amide bonds. The van der Waals surface area contributed by atoms with Gasteiger partial charge >= 0.3 is 5.97 Å². The van der Waals surface area contributed by atoms with Crippen LogP contribution in [-0.2, 0) is 4.79 Å². The van der Waals surface area contributed by atoms with Crippen LogP contribution in [0.25, 0.3) is 10.9 Å². The maximum atomic E-state index is 10.5. The smallest absolute Gasteiger partial charge is 0.303 e. The van der Waals surface area contributed by atoms with Crippen molar-refractivity contribution in [3.05, 3.63) is 18.5 Å². The van der Waals surface area contributed by atoms with Crippen molar-refractivity contribution in [2.24, 2.45) is 0 Å². The number of rotatable bonds is 7. The van der Waals surface area contributed by atoms with Crippen LogP contribution in [0, 0.1) is 0 Å². The summed E-state index contributed by atoms with van der Waals surface area (Å²) in [5.41, 5.74) is 0.725. The van der Waals surface area contributed by atoms with Crippen molar-refractivity contribution in [1.82, 2.24) is 9.97 Å². The minimum Gasteiger partial charge on any atom is -0.493 e. The van der Waals surface area contributed by atoms with Gasteiger partial charge in [0.15, 0.2) is 11.5 Å². The van der Waals surface area contributed by atoms with Gasteiger partial charge in [-0.25, -0.2) is 9.97 Å². The lowest BCUT2D eigenvalue weighted by molar-refractivity contribution is -0.137. The molecular formula is C14H17N3O4. The van der Waals surface area contributed by atoms with Crippen LogP contribution in [0.4, 0.5) is 5.82 Å². The van der Waals surface area contributed by atoms with E-state index in [1.165, 1.54) is 6.33 Å². The molecule has 0 spiro atoms. The van der Waals surface area contributed by atoms with E-state index in [1.807, 2.05) is 0 Å². The Labute approximate surface area is 121 Å². The highest BCUT2D eigenvalue weighted by molar-refractivity contribution is 5.91. The van der Waals surface area contributed by atoms with Gasteiger partial charge in [-0.15, -0.1) is 0 Å². The van der Waals surface area contributed by atoms with E-state index in [4.69, 9.17) is 14.6 Å². The van der Waals surface area contributed by atoms with Crippen LogP contribution in [0.1, 0.15) is 12.8 Å². The Hall–Kier alpha value is -2.57. The van der Waals surface area contributed by atoms with Gasteiger partial charge in [0.05, 0.1) is 19.7 Å². The van der Waals surface area contributed by atoms with E-state index < -0.39 is 5.97 Å². The molecule has 2 rings (SSSR count). The molecule has 0 atom stereocenters. The van der Waals surface area contributed by atoms with Gasteiger partial charge in [-0.05, 0) is 12.5 Å². The van der Waals surface area contributed by atoms with Gasteiger partial charge < -0.3 is 19.9 Å². The minimum atomic E-state index is -0.809. The normalized spacial score (nSPS) is 10.4. The van der Waals surface area contributed by atoms with Crippen LogP contribution >= 0.6 is 0 Å². The summed E-state index contributed by atoms with van der Waals surface area (Å²) < 4.78 is 10.5. The van der Waals surface area contributed by atoms with Crippen molar-refractivity contribution in [3.8, 4) is 11.5 Å². The van der Waals surface area contributed by atoms with E-state index in [-0.39, 0.29) is 6.42 Å². The molecule has 7 nitrogen and oxygen atoms in total. The molecule has 2 aromatic rings. The molecule has 0 radical (unpaired) electrons. The lowest BCUT2D eigenvalue weighted by Crippen LogP contribution is -2.07. The predicted octanol–water partition coefficient (Wildman–Crippen LogP) is 1.92. The lowest BCUT2D eigenvalue weighted by Gasteiger charge is -2.11. The average Bonchev–Trinajstić information content (AvgIpc) is 2.49. The molecule has 0 unspecified atom stereocenters. The van der Waals surface area contributed by atoms with Gasteiger partial charge in [0.1, 0.15) is 12.1 Å². The number of carbonyl (C=O) groups is 1. The number of aromatic nitrogens is 2. The average molecular weight is 291 g/mol. The SMILES string of the molecule is COc1cc2ncnc(NCCCC(=O)O)c2cc1OC. The van der Waals surface area contributed by atoms with Crippen molar-refractivity contribution < 1.29 is 19.4 Å². The molecule has 0 aliphatic carbocycles. The minimum absolute atomic E-state index is 0.118. The maximum Gasteiger partial charge on any atom is 0.303 e. The predicted molar refractivity (Wildman–Crippen MR) is 78.0 cm³/mol. The molecule has 1 heterocycles. The van der Waals surface area contributed by atoms with E-state index in [2.05, 4.69) is 15.3 Å². The molecule has 0 saturated carbocycles. The fraction of sp³-hybridized carbons (Fsp3) is 0.357. The van der Waals surface area contributed by atoms with Gasteiger partial charge in [-0.1, -0.05) is 0 Å². The number of ether oxygens (including phenoxy) is 2. The summed E-state index contributed by atoms with van der Waals surface area (Å²) in [5.74, 6) is 1.02. The summed E-state index contributed by atoms with van der Waals surface area (Å²) >= 11 is 0. The topological polar surface area (TPSA) is 93.6 Å². The molecule has 2 N–H and O–H groups in total. The number of benzene rings is 1. The Morgan fingerprint density at radius 1 is 1.24 bits per heavy atom. The fourth-order valence-electron chi connectivity index (χ4n) is 1.97. The second-order valence-corrected chi connectivity index (χ2v) is 4.37. The van der Waals surface area contributed by atoms with Crippen molar-refractivity contribution in [2.45, 2.75) is 12.8 Å². The summed E-state index contributed by atoms with van der Waals surface area (Å²) in [4.78, 5) is 18.9. The molecular weight excluding hydrogens is 274 g/mol. The Bertz CT molecular complexity index is 645. The third-order valence-corrected chi connectivity index (χ3v) is 3.00. The highest BCUT2D eigenvalue weighted by Crippen LogP contribution is 2.33. The molecule has 112 valence electrons. The number of nitrogens with one attached hydrogen (secondary N) is 1. The molecule has 1 aromatic carbocycles. The van der Waals surface area contributed by atoms with Gasteiger partial charge in [-0.3, -0.25) is 4.79 Å². The number of carboxylic acids is 1. The standard InChI is InChI=1S/C14H17N3O4/c1-20-11-6-9-10(7-12(11)21-2)16-8-17-14(9)15-5-3-4-13(18)19/h6-8H,3-5H2,1-2H3,(H,18,19)(H,15,16,17). The summed E-state index contributed by atoms with van der Waals surface area (Å²) in [6, 6.07) is 3.58. The van der Waals surface area contributed by atoms with Crippen LogP contribution in [-0.4, -0.2) is 41.8 Å². The van der Waals surface area contributed by atoms with Crippen molar-refractivity contribution >= 4 is 22.7 Å². The second kappa shape index (κ2) is 6.74. The summed E-state index contributed by atoms with van der Waals surface area (Å²) in [6.45, 7) is 0.521. The molecule has 0 saturated heterocycles. The quantitative estimate of drug-likeness (QED) is 0.753. The fourth-order valence-corrected chi connectivity index (χ4v) is 1.97. The highest BCUT2D eigenvalue weighted by Gasteiger charge is 2.10. The monoisotopic (exact) mass is 291 g/mol. The Morgan fingerprint density at radius 3 is 2.62 bits per heavy atom. The first-order valence-corrected chi connectivity index (χ1v) is 6.48. The van der Waals surface area contributed by atoms with Gasteiger partial charge in [0, 0.05) is 24.4 Å². The largest absolute Gasteiger partial charge is 0.493 e. The first kappa shape index (κ1) is 14.8. The van der Waals surface area contributed by atoms with E-state index in [0.29, 0.717) is 30.3 Å². The molecule has 0 bridgehead atoms. The van der Waals surface area contributed by atoms with Crippen LogP contribution in [0.5, 0.6) is 11.5 Å². The zero-order valence-electron chi connectivity index (χ0n) is 11.9. The number of hydrogen-bond donors (Lipinski definition) is 2. The van der Waals surface area contributed by atoms with E-state index in [0.717, 1.165) is 10.9 Å². The van der Waals surface area contributed by atoms with Crippen molar-refractivity contribution in [3.63, 3.8) is 0 Å². The number of hydrogen-bond acceptors (Lipinski definition) is 6. The molecule has 7 heteroatoms. The first-order valence-electron chi connectivity index (χ1n) is 6.48. The van der Waals surface area contributed by atoms with Gasteiger partial charge in [0.25, 0.3) is 0 Å². The van der Waals surface area contributed by atoms with Gasteiger partial charge in [0.2, 0.25) is 0 Å². The molecule has 1 aromatic heterocycles. The molecule has 0 fully saturated rings. The first-order chi connectivity index (χ1) is 10.2. The number of nitrogens with zero attached hydrogens (tertiary/aromatic N) is 2. The zero-order chi connectivity index (χ0) is 15.2. The van der Waals surface area contributed by atoms with Crippen LogP contribution in [0.3, 0.4) is 0 Å². The molecule has 0 aliphatic heterocycles. The molecule has 0 aliphatic rings. The maximum absolute atomic E-state index is 10.5. The number of aliphatic carboxylic acids is 1. The Morgan fingerprint density at radius 2 is 1.95 bits per heavy atom. The van der Waals surface area contributed by atoms with Crippen LogP contribution in [0.2, 0.25) is 0 Å². The van der Waals surface area contributed by atoms with Crippen LogP contribution in [0.15, 0.2) is 18.5 Å². The van der Waals surface area contributed by atoms with Crippen molar-refractivity contribution in [2.75, 3.05) is 26.1 Å². The number of anilines is 1. The third-order valence-electron chi connectivity index (χ3n) is 3.00.